The van der Waals surface area contributed by atoms with E-state index in [4.69, 9.17) is 13.9 Å². The molecular formula is C29H28N4O8. The Hall–Kier alpha value is -5.39. The van der Waals surface area contributed by atoms with Gasteiger partial charge < -0.3 is 23.2 Å². The molecule has 2 aromatic carbocycles. The van der Waals surface area contributed by atoms with Crippen LogP contribution >= 0.6 is 0 Å². The Morgan fingerprint density at radius 3 is 2.44 bits per heavy atom. The standard InChI is InChI=1S/C29H28N4O8/c1-18-5-6-19(2)32(18)22-8-10-23(11-9-22)39-17-24-12-14-27(41-24)28(34)31-30-16-21-7-13-26(25(15-21)33(36)37)40-20(3)29(35)38-4/h5-16,20H,17H2,1-4H3,(H,31,34)/b30-16+/t20-/m0/s1. The number of carbonyl (C=O) groups is 2. The van der Waals surface area contributed by atoms with E-state index in [1.54, 1.807) is 6.07 Å². The molecule has 1 atom stereocenters. The lowest BCUT2D eigenvalue weighted by molar-refractivity contribution is -0.386. The highest BCUT2D eigenvalue weighted by Crippen LogP contribution is 2.28. The number of nitro groups is 1. The number of hydrogen-bond acceptors (Lipinski definition) is 9. The van der Waals surface area contributed by atoms with E-state index >= 15 is 0 Å². The first-order valence-corrected chi connectivity index (χ1v) is 12.5. The second-order valence-corrected chi connectivity index (χ2v) is 8.97. The van der Waals surface area contributed by atoms with Crippen molar-refractivity contribution in [2.45, 2.75) is 33.5 Å². The van der Waals surface area contributed by atoms with E-state index < -0.39 is 22.9 Å². The summed E-state index contributed by atoms with van der Waals surface area (Å²) in [6.07, 6.45) is 0.191. The smallest absolute Gasteiger partial charge is 0.346 e. The molecule has 0 spiro atoms. The monoisotopic (exact) mass is 560 g/mol. The summed E-state index contributed by atoms with van der Waals surface area (Å²) in [5, 5.41) is 15.3. The van der Waals surface area contributed by atoms with E-state index in [1.807, 2.05) is 38.1 Å². The minimum Gasteiger partial charge on any atom is -0.486 e. The third-order valence-corrected chi connectivity index (χ3v) is 6.03. The first-order chi connectivity index (χ1) is 19.7. The van der Waals surface area contributed by atoms with E-state index in [-0.39, 0.29) is 23.8 Å². The van der Waals surface area contributed by atoms with E-state index in [1.165, 1.54) is 44.5 Å². The fourth-order valence-corrected chi connectivity index (χ4v) is 3.98. The zero-order valence-corrected chi connectivity index (χ0v) is 22.8. The van der Waals surface area contributed by atoms with Crippen molar-refractivity contribution >= 4 is 23.8 Å². The lowest BCUT2D eigenvalue weighted by Gasteiger charge is -2.12. The topological polar surface area (TPSA) is 147 Å². The summed E-state index contributed by atoms with van der Waals surface area (Å²) in [5.74, 6) is -0.299. The molecule has 0 aliphatic carbocycles. The molecule has 12 heteroatoms. The predicted octanol–water partition coefficient (Wildman–Crippen LogP) is 4.88. The summed E-state index contributed by atoms with van der Waals surface area (Å²) in [5.41, 5.74) is 5.55. The summed E-state index contributed by atoms with van der Waals surface area (Å²) in [7, 11) is 1.19. The maximum Gasteiger partial charge on any atom is 0.346 e. The molecule has 212 valence electrons. The highest BCUT2D eigenvalue weighted by molar-refractivity contribution is 5.92. The Morgan fingerprint density at radius 2 is 1.78 bits per heavy atom. The number of carbonyl (C=O) groups excluding carboxylic acids is 2. The zero-order chi connectivity index (χ0) is 29.5. The van der Waals surface area contributed by atoms with Crippen LogP contribution < -0.4 is 14.9 Å². The molecule has 1 N–H and O–H groups in total. The van der Waals surface area contributed by atoms with Gasteiger partial charge in [0.05, 0.1) is 18.2 Å². The quantitative estimate of drug-likeness (QED) is 0.118. The molecule has 41 heavy (non-hydrogen) atoms. The largest absolute Gasteiger partial charge is 0.486 e. The number of hydrazone groups is 1. The number of esters is 1. The number of benzene rings is 2. The number of rotatable bonds is 11. The number of amides is 1. The Bertz CT molecular complexity index is 1570. The maximum absolute atomic E-state index is 12.4. The molecule has 12 nitrogen and oxygen atoms in total. The first kappa shape index (κ1) is 28.6. The number of nitro benzene ring substituents is 1. The summed E-state index contributed by atoms with van der Waals surface area (Å²) in [6, 6.07) is 18.9. The lowest BCUT2D eigenvalue weighted by atomic mass is 10.2. The van der Waals surface area contributed by atoms with Crippen molar-refractivity contribution in [1.29, 1.82) is 0 Å². The number of aromatic nitrogens is 1. The van der Waals surface area contributed by atoms with Gasteiger partial charge in [-0.1, -0.05) is 0 Å². The molecule has 4 rings (SSSR count). The molecule has 4 aromatic rings. The van der Waals surface area contributed by atoms with Crippen molar-refractivity contribution in [3.8, 4) is 17.2 Å². The third-order valence-electron chi connectivity index (χ3n) is 6.03. The Labute approximate surface area is 235 Å². The molecule has 2 aromatic heterocycles. The SMILES string of the molecule is COC(=O)[C@H](C)Oc1ccc(/C=N/NC(=O)c2ccc(COc3ccc(-n4c(C)ccc4C)cc3)o2)cc1[N+](=O)[O-]. The van der Waals surface area contributed by atoms with Crippen LogP contribution in [0.25, 0.3) is 5.69 Å². The summed E-state index contributed by atoms with van der Waals surface area (Å²) in [4.78, 5) is 34.8. The average Bonchev–Trinajstić information content (AvgIpc) is 3.58. The van der Waals surface area contributed by atoms with Crippen LogP contribution in [0.2, 0.25) is 0 Å². The van der Waals surface area contributed by atoms with Gasteiger partial charge in [-0.3, -0.25) is 14.9 Å². The average molecular weight is 561 g/mol. The van der Waals surface area contributed by atoms with Crippen LogP contribution in [-0.2, 0) is 16.1 Å². The summed E-state index contributed by atoms with van der Waals surface area (Å²) in [6.45, 7) is 5.62. The number of methoxy groups -OCH3 is 1. The van der Waals surface area contributed by atoms with Crippen LogP contribution in [0.4, 0.5) is 5.69 Å². The Balaban J connectivity index is 1.32. The van der Waals surface area contributed by atoms with E-state index in [0.29, 0.717) is 17.1 Å². The molecular weight excluding hydrogens is 532 g/mol. The summed E-state index contributed by atoms with van der Waals surface area (Å²) < 4.78 is 23.4. The molecule has 0 unspecified atom stereocenters. The van der Waals surface area contributed by atoms with Gasteiger partial charge in [0.25, 0.3) is 0 Å². The van der Waals surface area contributed by atoms with Crippen LogP contribution in [0.3, 0.4) is 0 Å². The molecule has 0 fully saturated rings. The number of nitrogens with one attached hydrogen (secondary N) is 1. The number of nitrogens with zero attached hydrogens (tertiary/aromatic N) is 3. The molecule has 0 aliphatic heterocycles. The zero-order valence-electron chi connectivity index (χ0n) is 22.8. The summed E-state index contributed by atoms with van der Waals surface area (Å²) >= 11 is 0. The van der Waals surface area contributed by atoms with Gasteiger partial charge in [-0.15, -0.1) is 0 Å². The van der Waals surface area contributed by atoms with Crippen molar-refractivity contribution in [3.63, 3.8) is 0 Å². The van der Waals surface area contributed by atoms with Crippen molar-refractivity contribution in [1.82, 2.24) is 9.99 Å². The Morgan fingerprint density at radius 1 is 1.07 bits per heavy atom. The van der Waals surface area contributed by atoms with Gasteiger partial charge in [0.1, 0.15) is 18.1 Å². The predicted molar refractivity (Wildman–Crippen MR) is 149 cm³/mol. The van der Waals surface area contributed by atoms with Crippen LogP contribution in [0.15, 0.2) is 76.2 Å². The third kappa shape index (κ3) is 6.98. The highest BCUT2D eigenvalue weighted by Gasteiger charge is 2.22. The lowest BCUT2D eigenvalue weighted by Crippen LogP contribution is -2.25. The molecule has 2 heterocycles. The van der Waals surface area contributed by atoms with Crippen molar-refractivity contribution in [3.05, 3.63) is 105 Å². The Kier molecular flexibility index (Phi) is 8.82. The number of ether oxygens (including phenoxy) is 3. The molecule has 0 saturated heterocycles. The van der Waals surface area contributed by atoms with Gasteiger partial charge in [0.15, 0.2) is 17.6 Å². The number of hydrogen-bond donors (Lipinski definition) is 1. The molecule has 0 saturated carbocycles. The van der Waals surface area contributed by atoms with E-state index in [2.05, 4.69) is 32.0 Å². The molecule has 0 aliphatic rings. The van der Waals surface area contributed by atoms with E-state index in [0.717, 1.165) is 17.1 Å². The molecule has 1 amide bonds. The van der Waals surface area contributed by atoms with Gasteiger partial charge in [0, 0.05) is 28.7 Å². The van der Waals surface area contributed by atoms with Gasteiger partial charge in [-0.25, -0.2) is 10.2 Å². The van der Waals surface area contributed by atoms with Crippen molar-refractivity contribution in [2.75, 3.05) is 7.11 Å². The fourth-order valence-electron chi connectivity index (χ4n) is 3.98. The van der Waals surface area contributed by atoms with Crippen LogP contribution in [-0.4, -0.2) is 40.8 Å². The van der Waals surface area contributed by atoms with E-state index in [9.17, 15) is 19.7 Å². The minimum absolute atomic E-state index is 0.0150. The minimum atomic E-state index is -1.04. The highest BCUT2D eigenvalue weighted by atomic mass is 16.6. The van der Waals surface area contributed by atoms with Gasteiger partial charge in [-0.2, -0.15) is 5.10 Å². The number of aryl methyl sites for hydroxylation is 2. The molecule has 0 bridgehead atoms. The normalized spacial score (nSPS) is 11.7. The fraction of sp³-hybridized carbons (Fsp3) is 0.207. The number of furan rings is 1. The van der Waals surface area contributed by atoms with Crippen LogP contribution in [0.5, 0.6) is 11.5 Å². The van der Waals surface area contributed by atoms with Crippen molar-refractivity contribution < 1.29 is 33.1 Å². The van der Waals surface area contributed by atoms with Gasteiger partial charge in [0.2, 0.25) is 0 Å². The van der Waals surface area contributed by atoms with Crippen LogP contribution in [0.1, 0.15) is 40.2 Å². The van der Waals surface area contributed by atoms with Crippen LogP contribution in [0, 0.1) is 24.0 Å². The van der Waals surface area contributed by atoms with Gasteiger partial charge in [-0.05, 0) is 81.4 Å². The molecule has 0 radical (unpaired) electrons. The van der Waals surface area contributed by atoms with Crippen molar-refractivity contribution in [2.24, 2.45) is 5.10 Å². The second kappa shape index (κ2) is 12.6. The first-order valence-electron chi connectivity index (χ1n) is 12.5. The maximum atomic E-state index is 12.4. The second-order valence-electron chi connectivity index (χ2n) is 8.97. The van der Waals surface area contributed by atoms with Gasteiger partial charge >= 0.3 is 17.6 Å².